The molecule has 0 aliphatic heterocycles. The summed E-state index contributed by atoms with van der Waals surface area (Å²) in [6, 6.07) is 13.2. The molecule has 0 saturated heterocycles. The van der Waals surface area contributed by atoms with E-state index in [9.17, 15) is 4.79 Å². The van der Waals surface area contributed by atoms with Gasteiger partial charge in [0.1, 0.15) is 5.75 Å². The molecule has 1 heterocycles. The van der Waals surface area contributed by atoms with E-state index in [4.69, 9.17) is 9.47 Å². The topological polar surface area (TPSA) is 54.6 Å². The molecule has 0 spiro atoms. The highest BCUT2D eigenvalue weighted by molar-refractivity contribution is 5.91. The van der Waals surface area contributed by atoms with E-state index in [1.807, 2.05) is 13.0 Å². The van der Waals surface area contributed by atoms with E-state index in [0.717, 1.165) is 54.8 Å². The van der Waals surface area contributed by atoms with Crippen molar-refractivity contribution in [3.05, 3.63) is 70.9 Å². The minimum Gasteiger partial charge on any atom is -0.497 e. The predicted molar refractivity (Wildman–Crippen MR) is 129 cm³/mol. The van der Waals surface area contributed by atoms with Crippen LogP contribution in [-0.2, 0) is 22.4 Å². The van der Waals surface area contributed by atoms with Gasteiger partial charge in [0, 0.05) is 35.8 Å². The Balaban J connectivity index is 1.50. The second-order valence-electron chi connectivity index (χ2n) is 8.42. The molecule has 5 nitrogen and oxygen atoms in total. The van der Waals surface area contributed by atoms with Crippen molar-refractivity contribution in [1.29, 1.82) is 0 Å². The number of aryl methyl sites for hydroxylation is 1. The van der Waals surface area contributed by atoms with E-state index >= 15 is 0 Å². The highest BCUT2D eigenvalue weighted by Gasteiger charge is 2.27. The smallest absolute Gasteiger partial charge is 0.330 e. The largest absolute Gasteiger partial charge is 0.497 e. The number of H-pyrrole nitrogens is 1. The van der Waals surface area contributed by atoms with Crippen LogP contribution in [0.2, 0.25) is 0 Å². The fourth-order valence-electron chi connectivity index (χ4n) is 4.83. The molecule has 168 valence electrons. The number of nitrogens with zero attached hydrogens (tertiary/aromatic N) is 1. The summed E-state index contributed by atoms with van der Waals surface area (Å²) in [4.78, 5) is 17.6. The fraction of sp³-hybridized carbons (Fsp3) is 0.370. The quantitative estimate of drug-likeness (QED) is 0.387. The number of fused-ring (bicyclic) bond motifs is 2. The van der Waals surface area contributed by atoms with E-state index in [2.05, 4.69) is 53.3 Å². The molecule has 32 heavy (non-hydrogen) atoms. The third kappa shape index (κ3) is 4.44. The lowest BCUT2D eigenvalue weighted by molar-refractivity contribution is -0.134. The van der Waals surface area contributed by atoms with Crippen LogP contribution in [0.4, 0.5) is 0 Å². The second kappa shape index (κ2) is 9.61. The standard InChI is InChI=1S/C27H32N2O3/c1-5-29(13-12-21-17-28-25-10-8-22(31-3)16-24(21)25)26-11-7-20-15-19(6-9-23(20)26)18(2)14-27(30)32-4/h6,8-10,14-17,26,28H,5,7,11-13H2,1-4H3. The van der Waals surface area contributed by atoms with Gasteiger partial charge in [-0.1, -0.05) is 25.1 Å². The lowest BCUT2D eigenvalue weighted by atomic mass is 9.99. The molecule has 1 N–H and O–H groups in total. The summed E-state index contributed by atoms with van der Waals surface area (Å²) >= 11 is 0. The van der Waals surface area contributed by atoms with Crippen LogP contribution in [0.3, 0.4) is 0 Å². The summed E-state index contributed by atoms with van der Waals surface area (Å²) in [5.41, 5.74) is 7.31. The Morgan fingerprint density at radius 3 is 2.81 bits per heavy atom. The van der Waals surface area contributed by atoms with Crippen molar-refractivity contribution in [2.45, 2.75) is 39.2 Å². The zero-order chi connectivity index (χ0) is 22.7. The van der Waals surface area contributed by atoms with E-state index < -0.39 is 0 Å². The van der Waals surface area contributed by atoms with Gasteiger partial charge in [-0.15, -0.1) is 0 Å². The summed E-state index contributed by atoms with van der Waals surface area (Å²) in [5, 5.41) is 1.24. The number of ether oxygens (including phenoxy) is 2. The fourth-order valence-corrected chi connectivity index (χ4v) is 4.83. The summed E-state index contributed by atoms with van der Waals surface area (Å²) in [5.74, 6) is 0.579. The Bertz CT molecular complexity index is 1150. The minimum atomic E-state index is -0.312. The maximum absolute atomic E-state index is 11.6. The summed E-state index contributed by atoms with van der Waals surface area (Å²) in [6.07, 6.45) is 6.88. The first-order valence-corrected chi connectivity index (χ1v) is 11.3. The maximum atomic E-state index is 11.6. The normalized spacial score (nSPS) is 15.9. The highest BCUT2D eigenvalue weighted by atomic mass is 16.5. The molecule has 3 aromatic rings. The van der Waals surface area contributed by atoms with Gasteiger partial charge in [-0.25, -0.2) is 4.79 Å². The number of allylic oxidation sites excluding steroid dienone is 1. The molecule has 2 aromatic carbocycles. The summed E-state index contributed by atoms with van der Waals surface area (Å²) in [6.45, 7) is 6.22. The van der Waals surface area contributed by atoms with Crippen LogP contribution in [0.5, 0.6) is 5.75 Å². The molecule has 0 amide bonds. The van der Waals surface area contributed by atoms with Crippen molar-refractivity contribution in [2.24, 2.45) is 0 Å². The number of benzene rings is 2. The van der Waals surface area contributed by atoms with Crippen LogP contribution in [0.25, 0.3) is 16.5 Å². The van der Waals surface area contributed by atoms with Crippen molar-refractivity contribution in [3.8, 4) is 5.75 Å². The second-order valence-corrected chi connectivity index (χ2v) is 8.42. The lowest BCUT2D eigenvalue weighted by Crippen LogP contribution is -2.29. The number of nitrogens with one attached hydrogen (secondary N) is 1. The number of carbonyl (C=O) groups excluding carboxylic acids is 1. The third-order valence-corrected chi connectivity index (χ3v) is 6.67. The Kier molecular flexibility index (Phi) is 6.66. The van der Waals surface area contributed by atoms with Gasteiger partial charge in [0.15, 0.2) is 0 Å². The van der Waals surface area contributed by atoms with Gasteiger partial charge in [-0.3, -0.25) is 4.90 Å². The molecule has 0 bridgehead atoms. The first-order chi connectivity index (χ1) is 15.5. The first-order valence-electron chi connectivity index (χ1n) is 11.3. The number of carbonyl (C=O) groups is 1. The van der Waals surface area contributed by atoms with Gasteiger partial charge < -0.3 is 14.5 Å². The number of hydrogen-bond donors (Lipinski definition) is 1. The maximum Gasteiger partial charge on any atom is 0.330 e. The number of likely N-dealkylation sites (N-methyl/N-ethyl adjacent to an activating group) is 1. The van der Waals surface area contributed by atoms with Crippen LogP contribution in [-0.4, -0.2) is 43.2 Å². The summed E-state index contributed by atoms with van der Waals surface area (Å²) in [7, 11) is 3.12. The molecule has 1 aliphatic carbocycles. The molecular weight excluding hydrogens is 400 g/mol. The van der Waals surface area contributed by atoms with E-state index in [0.29, 0.717) is 6.04 Å². The van der Waals surface area contributed by atoms with Crippen molar-refractivity contribution < 1.29 is 14.3 Å². The van der Waals surface area contributed by atoms with Crippen molar-refractivity contribution in [1.82, 2.24) is 9.88 Å². The first kappa shape index (κ1) is 22.2. The van der Waals surface area contributed by atoms with Gasteiger partial charge in [-0.05, 0) is 78.8 Å². The number of rotatable bonds is 8. The Hall–Kier alpha value is -3.05. The Labute approximate surface area is 190 Å². The molecule has 1 aromatic heterocycles. The number of aromatic amines is 1. The van der Waals surface area contributed by atoms with E-state index in [-0.39, 0.29) is 5.97 Å². The molecule has 0 radical (unpaired) electrons. The van der Waals surface area contributed by atoms with Gasteiger partial charge >= 0.3 is 5.97 Å². The van der Waals surface area contributed by atoms with Crippen molar-refractivity contribution >= 4 is 22.4 Å². The molecule has 4 rings (SSSR count). The van der Waals surface area contributed by atoms with Gasteiger partial charge in [-0.2, -0.15) is 0 Å². The number of hydrogen-bond acceptors (Lipinski definition) is 4. The number of aromatic nitrogens is 1. The number of methoxy groups -OCH3 is 2. The lowest BCUT2D eigenvalue weighted by Gasteiger charge is -2.28. The Morgan fingerprint density at radius 2 is 2.06 bits per heavy atom. The zero-order valence-electron chi connectivity index (χ0n) is 19.4. The van der Waals surface area contributed by atoms with Crippen molar-refractivity contribution in [2.75, 3.05) is 27.3 Å². The van der Waals surface area contributed by atoms with Gasteiger partial charge in [0.2, 0.25) is 0 Å². The summed E-state index contributed by atoms with van der Waals surface area (Å²) < 4.78 is 10.2. The van der Waals surface area contributed by atoms with Crippen molar-refractivity contribution in [3.63, 3.8) is 0 Å². The molecule has 0 fully saturated rings. The molecule has 1 unspecified atom stereocenters. The van der Waals surface area contributed by atoms with Crippen LogP contribution in [0.15, 0.2) is 48.7 Å². The molecule has 0 saturated carbocycles. The molecular formula is C27H32N2O3. The average molecular weight is 433 g/mol. The van der Waals surface area contributed by atoms with Gasteiger partial charge in [0.25, 0.3) is 0 Å². The monoisotopic (exact) mass is 432 g/mol. The average Bonchev–Trinajstić information content (AvgIpc) is 3.42. The highest BCUT2D eigenvalue weighted by Crippen LogP contribution is 2.37. The molecule has 1 atom stereocenters. The van der Waals surface area contributed by atoms with E-state index in [1.54, 1.807) is 13.2 Å². The molecule has 1 aliphatic rings. The van der Waals surface area contributed by atoms with Gasteiger partial charge in [0.05, 0.1) is 14.2 Å². The predicted octanol–water partition coefficient (Wildman–Crippen LogP) is 5.30. The minimum absolute atomic E-state index is 0.312. The third-order valence-electron chi connectivity index (χ3n) is 6.67. The van der Waals surface area contributed by atoms with Crippen LogP contribution in [0, 0.1) is 0 Å². The Morgan fingerprint density at radius 1 is 1.22 bits per heavy atom. The van der Waals surface area contributed by atoms with E-state index in [1.165, 1.54) is 29.2 Å². The SMILES string of the molecule is CCN(CCc1c[nH]c2ccc(OC)cc12)C1CCc2cc(C(C)=CC(=O)OC)ccc21. The molecule has 5 heteroatoms. The van der Waals surface area contributed by atoms with Crippen LogP contribution < -0.4 is 4.74 Å². The van der Waals surface area contributed by atoms with Crippen LogP contribution >= 0.6 is 0 Å². The van der Waals surface area contributed by atoms with Crippen LogP contribution in [0.1, 0.15) is 48.6 Å². The zero-order valence-corrected chi connectivity index (χ0v) is 19.4. The number of esters is 1.